The SMILES string of the molecule is O=C(Nc1ccc(CN2CCC2)nc1)C1=NC2CCC2c2ccc(-c3cncc(CN4CCCCC4)c3)cc21. The molecule has 1 saturated carbocycles. The van der Waals surface area contributed by atoms with Crippen molar-refractivity contribution in [3.05, 3.63) is 77.4 Å². The molecule has 7 nitrogen and oxygen atoms in total. The van der Waals surface area contributed by atoms with E-state index < -0.39 is 0 Å². The molecule has 39 heavy (non-hydrogen) atoms. The molecule has 7 heteroatoms. The van der Waals surface area contributed by atoms with Crippen molar-refractivity contribution in [2.75, 3.05) is 31.5 Å². The van der Waals surface area contributed by atoms with E-state index in [4.69, 9.17) is 4.99 Å². The lowest BCUT2D eigenvalue weighted by molar-refractivity contribution is -0.110. The minimum atomic E-state index is -0.159. The third kappa shape index (κ3) is 5.13. The van der Waals surface area contributed by atoms with Crippen molar-refractivity contribution in [2.45, 2.75) is 63.6 Å². The van der Waals surface area contributed by atoms with Crippen molar-refractivity contribution in [1.29, 1.82) is 0 Å². The standard InChI is InChI=1S/C32H36N6O/c39-32(35-25-6-7-26(34-19-25)21-38-13-4-14-38)31-29-16-23(5-8-27(29)28-9-10-30(28)36-31)24-15-22(17-33-18-24)20-37-11-2-1-3-12-37/h5-8,15-19,28,30H,1-4,9-14,20-21H2,(H,35,39). The smallest absolute Gasteiger partial charge is 0.274 e. The first-order valence-corrected chi connectivity index (χ1v) is 14.6. The number of carbonyl (C=O) groups is 1. The van der Waals surface area contributed by atoms with Gasteiger partial charge in [-0.3, -0.25) is 29.6 Å². The predicted molar refractivity (Wildman–Crippen MR) is 154 cm³/mol. The summed E-state index contributed by atoms with van der Waals surface area (Å²) in [6.07, 6.45) is 13.0. The maximum Gasteiger partial charge on any atom is 0.274 e. The number of rotatable bonds is 7. The van der Waals surface area contributed by atoms with Crippen LogP contribution >= 0.6 is 0 Å². The summed E-state index contributed by atoms with van der Waals surface area (Å²) in [6, 6.07) is 13.0. The van der Waals surface area contributed by atoms with Gasteiger partial charge in [0.25, 0.3) is 5.91 Å². The number of piperidine rings is 1. The van der Waals surface area contributed by atoms with Crippen LogP contribution in [0.5, 0.6) is 0 Å². The van der Waals surface area contributed by atoms with E-state index in [1.165, 1.54) is 36.8 Å². The number of carbonyl (C=O) groups excluding carboxylic acids is 1. The molecule has 200 valence electrons. The van der Waals surface area contributed by atoms with E-state index in [1.54, 1.807) is 6.20 Å². The van der Waals surface area contributed by atoms with Crippen LogP contribution < -0.4 is 5.32 Å². The summed E-state index contributed by atoms with van der Waals surface area (Å²) >= 11 is 0. The van der Waals surface area contributed by atoms with Crippen LogP contribution in [0, 0.1) is 0 Å². The number of fused-ring (bicyclic) bond motifs is 3. The third-order valence-electron chi connectivity index (χ3n) is 8.86. The van der Waals surface area contributed by atoms with Crippen LogP contribution in [-0.2, 0) is 17.9 Å². The highest BCUT2D eigenvalue weighted by Gasteiger charge is 2.39. The molecule has 3 aliphatic heterocycles. The van der Waals surface area contributed by atoms with Gasteiger partial charge in [-0.25, -0.2) is 0 Å². The molecular weight excluding hydrogens is 484 g/mol. The number of amides is 1. The minimum absolute atomic E-state index is 0.159. The Balaban J connectivity index is 1.12. The fourth-order valence-electron chi connectivity index (χ4n) is 6.34. The van der Waals surface area contributed by atoms with Crippen LogP contribution in [0.4, 0.5) is 5.69 Å². The highest BCUT2D eigenvalue weighted by Crippen LogP contribution is 2.45. The number of aliphatic imine (C=N–C) groups is 1. The van der Waals surface area contributed by atoms with Gasteiger partial charge in [0, 0.05) is 42.5 Å². The van der Waals surface area contributed by atoms with E-state index in [0.29, 0.717) is 17.3 Å². The number of anilines is 1. The number of benzene rings is 1. The number of hydrogen-bond acceptors (Lipinski definition) is 6. The van der Waals surface area contributed by atoms with E-state index >= 15 is 0 Å². The highest BCUT2D eigenvalue weighted by molar-refractivity contribution is 6.49. The van der Waals surface area contributed by atoms with Crippen LogP contribution in [0.15, 0.2) is 60.0 Å². The first-order chi connectivity index (χ1) is 19.2. The summed E-state index contributed by atoms with van der Waals surface area (Å²) < 4.78 is 0. The van der Waals surface area contributed by atoms with Crippen LogP contribution in [0.3, 0.4) is 0 Å². The molecule has 2 unspecified atom stereocenters. The Labute approximate surface area is 230 Å². The Hall–Kier alpha value is -3.42. The Morgan fingerprint density at radius 3 is 2.44 bits per heavy atom. The summed E-state index contributed by atoms with van der Waals surface area (Å²) in [7, 11) is 0. The second-order valence-corrected chi connectivity index (χ2v) is 11.6. The molecule has 5 heterocycles. The summed E-state index contributed by atoms with van der Waals surface area (Å²) in [4.78, 5) is 32.6. The highest BCUT2D eigenvalue weighted by atomic mass is 16.1. The summed E-state index contributed by atoms with van der Waals surface area (Å²) in [6.45, 7) is 6.42. The summed E-state index contributed by atoms with van der Waals surface area (Å²) in [5.74, 6) is 0.254. The van der Waals surface area contributed by atoms with Crippen molar-refractivity contribution < 1.29 is 4.79 Å². The molecule has 1 aromatic carbocycles. The molecule has 7 rings (SSSR count). The van der Waals surface area contributed by atoms with Gasteiger partial charge in [0.1, 0.15) is 5.71 Å². The molecule has 0 radical (unpaired) electrons. The van der Waals surface area contributed by atoms with Gasteiger partial charge in [-0.15, -0.1) is 0 Å². The molecule has 0 spiro atoms. The number of nitrogens with one attached hydrogen (secondary N) is 1. The maximum absolute atomic E-state index is 13.6. The van der Waals surface area contributed by atoms with E-state index in [2.05, 4.69) is 49.4 Å². The quantitative estimate of drug-likeness (QED) is 0.473. The molecular formula is C32H36N6O. The lowest BCUT2D eigenvalue weighted by Crippen LogP contribution is -2.38. The lowest BCUT2D eigenvalue weighted by atomic mass is 9.71. The fourth-order valence-corrected chi connectivity index (χ4v) is 6.34. The number of pyridine rings is 2. The molecule has 0 bridgehead atoms. The van der Waals surface area contributed by atoms with Crippen molar-refractivity contribution in [2.24, 2.45) is 4.99 Å². The Morgan fingerprint density at radius 1 is 0.846 bits per heavy atom. The van der Waals surface area contributed by atoms with E-state index in [9.17, 15) is 4.79 Å². The second kappa shape index (κ2) is 10.6. The summed E-state index contributed by atoms with van der Waals surface area (Å²) in [5.41, 5.74) is 7.88. The molecule has 2 atom stereocenters. The van der Waals surface area contributed by atoms with Crippen LogP contribution in [-0.4, -0.2) is 63.6 Å². The number of nitrogens with zero attached hydrogens (tertiary/aromatic N) is 5. The van der Waals surface area contributed by atoms with Crippen molar-refractivity contribution in [3.63, 3.8) is 0 Å². The Kier molecular flexibility index (Phi) is 6.70. The maximum atomic E-state index is 13.6. The monoisotopic (exact) mass is 520 g/mol. The van der Waals surface area contributed by atoms with Crippen LogP contribution in [0.1, 0.15) is 66.8 Å². The molecule has 3 fully saturated rings. The van der Waals surface area contributed by atoms with E-state index in [-0.39, 0.29) is 11.9 Å². The predicted octanol–water partition coefficient (Wildman–Crippen LogP) is 5.02. The van der Waals surface area contributed by atoms with Crippen molar-refractivity contribution in [3.8, 4) is 11.1 Å². The lowest BCUT2D eigenvalue weighted by Gasteiger charge is -2.39. The number of aromatic nitrogens is 2. The molecule has 2 saturated heterocycles. The van der Waals surface area contributed by atoms with Gasteiger partial charge in [0.05, 0.1) is 23.6 Å². The van der Waals surface area contributed by atoms with Crippen molar-refractivity contribution >= 4 is 17.3 Å². The first-order valence-electron chi connectivity index (χ1n) is 14.6. The molecule has 2 aromatic heterocycles. The van der Waals surface area contributed by atoms with Crippen LogP contribution in [0.25, 0.3) is 11.1 Å². The van der Waals surface area contributed by atoms with Gasteiger partial charge in [-0.2, -0.15) is 0 Å². The summed E-state index contributed by atoms with van der Waals surface area (Å²) in [5, 5.41) is 3.07. The van der Waals surface area contributed by atoms with Crippen LogP contribution in [0.2, 0.25) is 0 Å². The third-order valence-corrected chi connectivity index (χ3v) is 8.86. The fraction of sp³-hybridized carbons (Fsp3) is 0.438. The van der Waals surface area contributed by atoms with Gasteiger partial charge in [0.2, 0.25) is 0 Å². The second-order valence-electron chi connectivity index (χ2n) is 11.6. The number of hydrogen-bond donors (Lipinski definition) is 1. The average molecular weight is 521 g/mol. The zero-order valence-corrected chi connectivity index (χ0v) is 22.5. The van der Waals surface area contributed by atoms with Gasteiger partial charge in [-0.05, 0) is 99.2 Å². The number of likely N-dealkylation sites (tertiary alicyclic amines) is 2. The van der Waals surface area contributed by atoms with Gasteiger partial charge >= 0.3 is 0 Å². The molecule has 1 amide bonds. The Bertz CT molecular complexity index is 1390. The zero-order valence-electron chi connectivity index (χ0n) is 22.5. The zero-order chi connectivity index (χ0) is 26.2. The normalized spacial score (nSPS) is 22.6. The van der Waals surface area contributed by atoms with Gasteiger partial charge in [-0.1, -0.05) is 18.6 Å². The van der Waals surface area contributed by atoms with Crippen molar-refractivity contribution in [1.82, 2.24) is 19.8 Å². The van der Waals surface area contributed by atoms with Gasteiger partial charge in [0.15, 0.2) is 0 Å². The van der Waals surface area contributed by atoms with E-state index in [0.717, 1.165) is 74.5 Å². The van der Waals surface area contributed by atoms with E-state index in [1.807, 2.05) is 24.5 Å². The van der Waals surface area contributed by atoms with Gasteiger partial charge < -0.3 is 5.32 Å². The largest absolute Gasteiger partial charge is 0.319 e. The molecule has 1 N–H and O–H groups in total. The average Bonchev–Trinajstić information content (AvgIpc) is 2.92. The molecule has 1 aliphatic carbocycles. The molecule has 4 aliphatic rings. The minimum Gasteiger partial charge on any atom is -0.319 e. The molecule has 3 aromatic rings. The topological polar surface area (TPSA) is 73.7 Å². The first kappa shape index (κ1) is 24.6. The Morgan fingerprint density at radius 2 is 1.69 bits per heavy atom.